The fourth-order valence-corrected chi connectivity index (χ4v) is 3.42. The summed E-state index contributed by atoms with van der Waals surface area (Å²) in [6, 6.07) is 21.4. The Morgan fingerprint density at radius 2 is 1.58 bits per heavy atom. The van der Waals surface area contributed by atoms with Crippen molar-refractivity contribution in [3.63, 3.8) is 0 Å². The largest absolute Gasteiger partial charge is 0.361 e. The second kappa shape index (κ2) is 7.44. The molecule has 0 amide bonds. The number of para-hydroxylation sites is 1. The van der Waals surface area contributed by atoms with Gasteiger partial charge in [-0.1, -0.05) is 30.3 Å². The van der Waals surface area contributed by atoms with E-state index in [1.54, 1.807) is 0 Å². The minimum absolute atomic E-state index is 1.10. The SMILES string of the molecule is CN(c1ccncc1)c1ccc(CCCc2c[nH]c3ccccc23)cc1. The molecule has 3 nitrogen and oxygen atoms in total. The van der Waals surface area contributed by atoms with Gasteiger partial charge in [0, 0.05) is 47.9 Å². The third-order valence-electron chi connectivity index (χ3n) is 4.96. The Balaban J connectivity index is 1.37. The summed E-state index contributed by atoms with van der Waals surface area (Å²) < 4.78 is 0. The molecule has 0 fully saturated rings. The quantitative estimate of drug-likeness (QED) is 0.502. The second-order valence-electron chi connectivity index (χ2n) is 6.64. The van der Waals surface area contributed by atoms with Gasteiger partial charge in [0.15, 0.2) is 0 Å². The molecule has 0 atom stereocenters. The summed E-state index contributed by atoms with van der Waals surface area (Å²) in [5.41, 5.74) is 6.36. The van der Waals surface area contributed by atoms with Crippen molar-refractivity contribution in [2.24, 2.45) is 0 Å². The highest BCUT2D eigenvalue weighted by Gasteiger charge is 2.05. The molecule has 130 valence electrons. The minimum Gasteiger partial charge on any atom is -0.361 e. The van der Waals surface area contributed by atoms with Gasteiger partial charge in [-0.3, -0.25) is 4.98 Å². The van der Waals surface area contributed by atoms with Crippen LogP contribution in [0.25, 0.3) is 10.9 Å². The monoisotopic (exact) mass is 341 g/mol. The number of hydrogen-bond acceptors (Lipinski definition) is 2. The maximum absolute atomic E-state index is 4.08. The van der Waals surface area contributed by atoms with Crippen LogP contribution < -0.4 is 4.90 Å². The smallest absolute Gasteiger partial charge is 0.0456 e. The summed E-state index contributed by atoms with van der Waals surface area (Å²) in [5, 5.41) is 1.35. The third kappa shape index (κ3) is 3.47. The van der Waals surface area contributed by atoms with Crippen LogP contribution in [-0.4, -0.2) is 17.0 Å². The van der Waals surface area contributed by atoms with Crippen LogP contribution in [-0.2, 0) is 12.8 Å². The molecule has 0 radical (unpaired) electrons. The molecule has 0 bridgehead atoms. The van der Waals surface area contributed by atoms with Crippen molar-refractivity contribution in [3.8, 4) is 0 Å². The summed E-state index contributed by atoms with van der Waals surface area (Å²) in [5.74, 6) is 0. The van der Waals surface area contributed by atoms with Gasteiger partial charge in [-0.15, -0.1) is 0 Å². The van der Waals surface area contributed by atoms with Crippen LogP contribution in [0.2, 0.25) is 0 Å². The number of fused-ring (bicyclic) bond motifs is 1. The summed E-state index contributed by atoms with van der Waals surface area (Å²) in [7, 11) is 2.08. The van der Waals surface area contributed by atoms with Gasteiger partial charge in [0.2, 0.25) is 0 Å². The average molecular weight is 341 g/mol. The first-order valence-electron chi connectivity index (χ1n) is 9.09. The van der Waals surface area contributed by atoms with Crippen LogP contribution in [0.5, 0.6) is 0 Å². The standard InChI is InChI=1S/C23H23N3/c1-26(21-13-15-24-16-14-21)20-11-9-18(10-12-20)5-4-6-19-17-25-23-8-3-2-7-22(19)23/h2-3,7-17,25H,4-6H2,1H3. The lowest BCUT2D eigenvalue weighted by Gasteiger charge is -2.19. The van der Waals surface area contributed by atoms with E-state index in [0.717, 1.165) is 24.9 Å². The van der Waals surface area contributed by atoms with Crippen LogP contribution in [0.4, 0.5) is 11.4 Å². The van der Waals surface area contributed by atoms with Crippen molar-refractivity contribution in [1.29, 1.82) is 0 Å². The molecular formula is C23H23N3. The number of aromatic amines is 1. The fraction of sp³-hybridized carbons (Fsp3) is 0.174. The number of H-pyrrole nitrogens is 1. The maximum Gasteiger partial charge on any atom is 0.0456 e. The van der Waals surface area contributed by atoms with Gasteiger partial charge in [0.1, 0.15) is 0 Å². The van der Waals surface area contributed by atoms with Gasteiger partial charge < -0.3 is 9.88 Å². The summed E-state index contributed by atoms with van der Waals surface area (Å²) in [6.07, 6.45) is 9.15. The molecule has 4 aromatic rings. The number of aryl methyl sites for hydroxylation is 2. The van der Waals surface area contributed by atoms with Crippen molar-refractivity contribution in [1.82, 2.24) is 9.97 Å². The number of nitrogens with zero attached hydrogens (tertiary/aromatic N) is 2. The van der Waals surface area contributed by atoms with Gasteiger partial charge in [-0.2, -0.15) is 0 Å². The van der Waals surface area contributed by atoms with Crippen LogP contribution in [0.15, 0.2) is 79.3 Å². The van der Waals surface area contributed by atoms with Gasteiger partial charge in [-0.05, 0) is 60.7 Å². The molecule has 26 heavy (non-hydrogen) atoms. The molecule has 3 heteroatoms. The molecule has 0 aliphatic carbocycles. The van der Waals surface area contributed by atoms with Crippen LogP contribution >= 0.6 is 0 Å². The van der Waals surface area contributed by atoms with Crippen LogP contribution in [0, 0.1) is 0 Å². The lowest BCUT2D eigenvalue weighted by Crippen LogP contribution is -2.09. The first-order chi connectivity index (χ1) is 12.8. The summed E-state index contributed by atoms with van der Waals surface area (Å²) >= 11 is 0. The number of aromatic nitrogens is 2. The molecule has 2 aromatic carbocycles. The first kappa shape index (κ1) is 16.4. The molecule has 0 unspecified atom stereocenters. The molecule has 4 rings (SSSR count). The van der Waals surface area contributed by atoms with Gasteiger partial charge in [0.25, 0.3) is 0 Å². The lowest BCUT2D eigenvalue weighted by molar-refractivity contribution is 0.825. The highest BCUT2D eigenvalue weighted by Crippen LogP contribution is 2.24. The number of benzene rings is 2. The zero-order valence-electron chi connectivity index (χ0n) is 15.0. The molecule has 0 aliphatic heterocycles. The zero-order chi connectivity index (χ0) is 17.8. The minimum atomic E-state index is 1.10. The van der Waals surface area contributed by atoms with Crippen molar-refractivity contribution in [2.45, 2.75) is 19.3 Å². The molecule has 0 spiro atoms. The fourth-order valence-electron chi connectivity index (χ4n) is 3.42. The van der Waals surface area contributed by atoms with Crippen molar-refractivity contribution < 1.29 is 0 Å². The summed E-state index contributed by atoms with van der Waals surface area (Å²) in [4.78, 5) is 9.62. The zero-order valence-corrected chi connectivity index (χ0v) is 15.0. The Hall–Kier alpha value is -3.07. The number of anilines is 2. The number of hydrogen-bond donors (Lipinski definition) is 1. The van der Waals surface area contributed by atoms with E-state index in [1.165, 1.54) is 27.7 Å². The van der Waals surface area contributed by atoms with Crippen LogP contribution in [0.3, 0.4) is 0 Å². The highest BCUT2D eigenvalue weighted by molar-refractivity contribution is 5.83. The van der Waals surface area contributed by atoms with Gasteiger partial charge >= 0.3 is 0 Å². The lowest BCUT2D eigenvalue weighted by atomic mass is 10.0. The Labute approximate surface area is 154 Å². The van der Waals surface area contributed by atoms with E-state index >= 15 is 0 Å². The van der Waals surface area contributed by atoms with Gasteiger partial charge in [0.05, 0.1) is 0 Å². The highest BCUT2D eigenvalue weighted by atomic mass is 15.1. The van der Waals surface area contributed by atoms with Gasteiger partial charge in [-0.25, -0.2) is 0 Å². The Morgan fingerprint density at radius 3 is 2.38 bits per heavy atom. The number of nitrogens with one attached hydrogen (secondary N) is 1. The average Bonchev–Trinajstić information content (AvgIpc) is 3.12. The normalized spacial score (nSPS) is 11.0. The maximum atomic E-state index is 4.08. The van der Waals surface area contributed by atoms with E-state index in [2.05, 4.69) is 76.6 Å². The number of pyridine rings is 1. The van der Waals surface area contributed by atoms with E-state index < -0.39 is 0 Å². The Morgan fingerprint density at radius 1 is 0.846 bits per heavy atom. The molecule has 0 saturated heterocycles. The first-order valence-corrected chi connectivity index (χ1v) is 9.09. The molecule has 0 saturated carbocycles. The molecule has 2 heterocycles. The molecule has 0 aliphatic rings. The van der Waals surface area contributed by atoms with Crippen molar-refractivity contribution >= 4 is 22.3 Å². The number of rotatable bonds is 6. The molecule has 2 aromatic heterocycles. The summed E-state index contributed by atoms with van der Waals surface area (Å²) in [6.45, 7) is 0. The van der Waals surface area contributed by atoms with E-state index in [4.69, 9.17) is 0 Å². The van der Waals surface area contributed by atoms with Crippen molar-refractivity contribution in [3.05, 3.63) is 90.4 Å². The third-order valence-corrected chi connectivity index (χ3v) is 4.96. The Bertz CT molecular complexity index is 971. The molecule has 1 N–H and O–H groups in total. The topological polar surface area (TPSA) is 31.9 Å². The van der Waals surface area contributed by atoms with Crippen molar-refractivity contribution in [2.75, 3.05) is 11.9 Å². The predicted molar refractivity (Wildman–Crippen MR) is 109 cm³/mol. The second-order valence-corrected chi connectivity index (χ2v) is 6.64. The molecular weight excluding hydrogens is 318 g/mol. The van der Waals surface area contributed by atoms with Crippen LogP contribution in [0.1, 0.15) is 17.5 Å². The van der Waals surface area contributed by atoms with E-state index in [-0.39, 0.29) is 0 Å². The van der Waals surface area contributed by atoms with E-state index in [9.17, 15) is 0 Å². The van der Waals surface area contributed by atoms with E-state index in [0.29, 0.717) is 0 Å². The predicted octanol–water partition coefficient (Wildman–Crippen LogP) is 5.51. The van der Waals surface area contributed by atoms with E-state index in [1.807, 2.05) is 24.5 Å². The Kier molecular flexibility index (Phi) is 4.69.